The first-order valence-electron chi connectivity index (χ1n) is 7.70. The average Bonchev–Trinajstić information content (AvgIpc) is 2.52. The molecule has 0 saturated carbocycles. The van der Waals surface area contributed by atoms with Crippen LogP contribution in [0.4, 0.5) is 14.5 Å². The minimum atomic E-state index is -1.04. The van der Waals surface area contributed by atoms with E-state index in [9.17, 15) is 18.4 Å². The zero-order valence-corrected chi connectivity index (χ0v) is 14.2. The molecule has 0 unspecified atom stereocenters. The predicted molar refractivity (Wildman–Crippen MR) is 90.4 cm³/mol. The van der Waals surface area contributed by atoms with Crippen LogP contribution in [0.2, 0.25) is 0 Å². The number of anilines is 1. The highest BCUT2D eigenvalue weighted by molar-refractivity contribution is 5.96. The van der Waals surface area contributed by atoms with Crippen LogP contribution in [0.15, 0.2) is 42.5 Å². The Kier molecular flexibility index (Phi) is 5.51. The Balaban J connectivity index is 2.01. The second-order valence-electron chi connectivity index (χ2n) is 6.54. The number of benzene rings is 2. The summed E-state index contributed by atoms with van der Waals surface area (Å²) in [4.78, 5) is 23.8. The highest BCUT2D eigenvalue weighted by atomic mass is 19.1. The topological polar surface area (TPSA) is 55.4 Å². The van der Waals surface area contributed by atoms with Gasteiger partial charge >= 0.3 is 5.97 Å². The number of rotatable bonds is 4. The van der Waals surface area contributed by atoms with Crippen molar-refractivity contribution in [2.24, 2.45) is 0 Å². The maximum Gasteiger partial charge on any atom is 0.341 e. The van der Waals surface area contributed by atoms with E-state index in [1.165, 1.54) is 0 Å². The van der Waals surface area contributed by atoms with Crippen LogP contribution in [0.25, 0.3) is 0 Å². The van der Waals surface area contributed by atoms with Gasteiger partial charge in [-0.1, -0.05) is 39.0 Å². The van der Waals surface area contributed by atoms with Crippen molar-refractivity contribution in [3.05, 3.63) is 65.2 Å². The molecule has 0 bridgehead atoms. The molecular formula is C19H19F2NO3. The van der Waals surface area contributed by atoms with Crippen LogP contribution < -0.4 is 5.32 Å². The van der Waals surface area contributed by atoms with Crippen molar-refractivity contribution in [3.8, 4) is 0 Å². The smallest absolute Gasteiger partial charge is 0.341 e. The molecule has 6 heteroatoms. The van der Waals surface area contributed by atoms with Crippen LogP contribution >= 0.6 is 0 Å². The summed E-state index contributed by atoms with van der Waals surface area (Å²) in [6.45, 7) is 5.45. The van der Waals surface area contributed by atoms with E-state index in [1.54, 1.807) is 12.1 Å². The zero-order valence-electron chi connectivity index (χ0n) is 14.2. The lowest BCUT2D eigenvalue weighted by Gasteiger charge is -2.22. The maximum atomic E-state index is 13.5. The molecule has 0 aliphatic carbocycles. The van der Waals surface area contributed by atoms with E-state index in [-0.39, 0.29) is 5.41 Å². The van der Waals surface area contributed by atoms with Crippen LogP contribution in [-0.4, -0.2) is 18.5 Å². The molecule has 0 heterocycles. The van der Waals surface area contributed by atoms with Gasteiger partial charge in [0.2, 0.25) is 0 Å². The molecular weight excluding hydrogens is 328 g/mol. The van der Waals surface area contributed by atoms with Gasteiger partial charge in [-0.25, -0.2) is 13.6 Å². The van der Waals surface area contributed by atoms with Crippen molar-refractivity contribution in [2.75, 3.05) is 11.9 Å². The van der Waals surface area contributed by atoms with Gasteiger partial charge in [-0.2, -0.15) is 0 Å². The van der Waals surface area contributed by atoms with Crippen molar-refractivity contribution in [1.29, 1.82) is 0 Å². The number of nitrogens with one attached hydrogen (secondary N) is 1. The molecule has 0 aliphatic rings. The SMILES string of the molecule is CC(C)(C)c1ccccc1NC(=O)COC(=O)c1ccc(F)cc1F. The minimum Gasteiger partial charge on any atom is -0.452 e. The Bertz CT molecular complexity index is 797. The Morgan fingerprint density at radius 2 is 1.76 bits per heavy atom. The molecule has 2 aromatic carbocycles. The normalized spacial score (nSPS) is 11.1. The van der Waals surface area contributed by atoms with Gasteiger partial charge < -0.3 is 10.1 Å². The number of carbonyl (C=O) groups is 2. The summed E-state index contributed by atoms with van der Waals surface area (Å²) in [5.41, 5.74) is 0.935. The zero-order chi connectivity index (χ0) is 18.6. The third kappa shape index (κ3) is 4.86. The summed E-state index contributed by atoms with van der Waals surface area (Å²) in [7, 11) is 0. The average molecular weight is 347 g/mol. The lowest BCUT2D eigenvalue weighted by atomic mass is 9.86. The van der Waals surface area contributed by atoms with E-state index < -0.39 is 35.7 Å². The quantitative estimate of drug-likeness (QED) is 0.849. The van der Waals surface area contributed by atoms with Crippen LogP contribution in [0.5, 0.6) is 0 Å². The van der Waals surface area contributed by atoms with Gasteiger partial charge in [-0.3, -0.25) is 4.79 Å². The summed E-state index contributed by atoms with van der Waals surface area (Å²) >= 11 is 0. The summed E-state index contributed by atoms with van der Waals surface area (Å²) in [6.07, 6.45) is 0. The number of para-hydroxylation sites is 1. The molecule has 0 fully saturated rings. The number of esters is 1. The molecule has 132 valence electrons. The van der Waals surface area contributed by atoms with Crippen molar-refractivity contribution in [3.63, 3.8) is 0 Å². The first-order chi connectivity index (χ1) is 11.7. The van der Waals surface area contributed by atoms with Gasteiger partial charge in [0.15, 0.2) is 6.61 Å². The Morgan fingerprint density at radius 3 is 2.40 bits per heavy atom. The van der Waals surface area contributed by atoms with E-state index in [0.29, 0.717) is 11.8 Å². The minimum absolute atomic E-state index is 0.183. The molecule has 1 N–H and O–H groups in total. The number of ether oxygens (including phenoxy) is 1. The Hall–Kier alpha value is -2.76. The maximum absolute atomic E-state index is 13.5. The molecule has 25 heavy (non-hydrogen) atoms. The van der Waals surface area contributed by atoms with Crippen molar-refractivity contribution < 1.29 is 23.1 Å². The number of carbonyl (C=O) groups excluding carboxylic acids is 2. The highest BCUT2D eigenvalue weighted by Gasteiger charge is 2.20. The lowest BCUT2D eigenvalue weighted by Crippen LogP contribution is -2.23. The lowest BCUT2D eigenvalue weighted by molar-refractivity contribution is -0.119. The van der Waals surface area contributed by atoms with E-state index in [2.05, 4.69) is 5.32 Å². The van der Waals surface area contributed by atoms with E-state index >= 15 is 0 Å². The number of hydrogen-bond acceptors (Lipinski definition) is 3. The van der Waals surface area contributed by atoms with E-state index in [1.807, 2.05) is 32.9 Å². The van der Waals surface area contributed by atoms with Crippen LogP contribution in [0, 0.1) is 11.6 Å². The van der Waals surface area contributed by atoms with Gasteiger partial charge in [0, 0.05) is 11.8 Å². The second kappa shape index (κ2) is 7.42. The molecule has 1 amide bonds. The fraction of sp³-hybridized carbons (Fsp3) is 0.263. The van der Waals surface area contributed by atoms with Gasteiger partial charge in [0.25, 0.3) is 5.91 Å². The van der Waals surface area contributed by atoms with Gasteiger partial charge in [-0.05, 0) is 29.2 Å². The third-order valence-electron chi connectivity index (χ3n) is 3.49. The standard InChI is InChI=1S/C19H19F2NO3/c1-19(2,3)14-6-4-5-7-16(14)22-17(23)11-25-18(24)13-9-8-12(20)10-15(13)21/h4-10H,11H2,1-3H3,(H,22,23). The molecule has 0 radical (unpaired) electrons. The largest absolute Gasteiger partial charge is 0.452 e. The number of amides is 1. The van der Waals surface area contributed by atoms with Crippen LogP contribution in [0.3, 0.4) is 0 Å². The predicted octanol–water partition coefficient (Wildman–Crippen LogP) is 4.06. The number of halogens is 2. The van der Waals surface area contributed by atoms with Crippen LogP contribution in [0.1, 0.15) is 36.7 Å². The summed E-state index contributed by atoms with van der Waals surface area (Å²) in [5.74, 6) is -3.42. The first kappa shape index (κ1) is 18.6. The van der Waals surface area contributed by atoms with Crippen molar-refractivity contribution in [1.82, 2.24) is 0 Å². The summed E-state index contributed by atoms with van der Waals surface area (Å²) in [6, 6.07) is 9.79. The van der Waals surface area contributed by atoms with Gasteiger partial charge in [0.05, 0.1) is 5.56 Å². The van der Waals surface area contributed by atoms with Crippen molar-refractivity contribution in [2.45, 2.75) is 26.2 Å². The molecule has 0 spiro atoms. The highest BCUT2D eigenvalue weighted by Crippen LogP contribution is 2.29. The third-order valence-corrected chi connectivity index (χ3v) is 3.49. The Morgan fingerprint density at radius 1 is 1.08 bits per heavy atom. The Labute approximate surface area is 144 Å². The van der Waals surface area contributed by atoms with Gasteiger partial charge in [0.1, 0.15) is 11.6 Å². The van der Waals surface area contributed by atoms with Crippen LogP contribution in [-0.2, 0) is 14.9 Å². The molecule has 4 nitrogen and oxygen atoms in total. The summed E-state index contributed by atoms with van der Waals surface area (Å²) in [5, 5.41) is 2.68. The monoisotopic (exact) mass is 347 g/mol. The molecule has 0 atom stereocenters. The van der Waals surface area contributed by atoms with E-state index in [0.717, 1.165) is 17.7 Å². The second-order valence-corrected chi connectivity index (χ2v) is 6.54. The first-order valence-corrected chi connectivity index (χ1v) is 7.70. The molecule has 2 aromatic rings. The number of hydrogen-bond donors (Lipinski definition) is 1. The van der Waals surface area contributed by atoms with Gasteiger partial charge in [-0.15, -0.1) is 0 Å². The molecule has 0 aromatic heterocycles. The summed E-state index contributed by atoms with van der Waals surface area (Å²) < 4.78 is 31.2. The molecule has 0 saturated heterocycles. The molecule has 0 aliphatic heterocycles. The molecule has 2 rings (SSSR count). The fourth-order valence-electron chi connectivity index (χ4n) is 2.30. The van der Waals surface area contributed by atoms with E-state index in [4.69, 9.17) is 4.74 Å². The fourth-order valence-corrected chi connectivity index (χ4v) is 2.30. The van der Waals surface area contributed by atoms with Crippen molar-refractivity contribution >= 4 is 17.6 Å².